The third-order valence-corrected chi connectivity index (χ3v) is 4.14. The first kappa shape index (κ1) is 14.4. The largest absolute Gasteiger partial charge is 0.380 e. The van der Waals surface area contributed by atoms with Crippen molar-refractivity contribution >= 4 is 0 Å². The maximum Gasteiger partial charge on any atom is 0.123 e. The predicted molar refractivity (Wildman–Crippen MR) is 74.3 cm³/mol. The average Bonchev–Trinajstić information content (AvgIpc) is 2.43. The Morgan fingerprint density at radius 2 is 2.11 bits per heavy atom. The van der Waals surface area contributed by atoms with Crippen LogP contribution >= 0.6 is 0 Å². The smallest absolute Gasteiger partial charge is 0.123 e. The number of nitrogens with two attached hydrogens (primary N) is 1. The second kappa shape index (κ2) is 6.46. The third kappa shape index (κ3) is 3.32. The van der Waals surface area contributed by atoms with Crippen LogP contribution < -0.4 is 5.73 Å². The van der Waals surface area contributed by atoms with Crippen molar-refractivity contribution in [3.63, 3.8) is 0 Å². The first-order valence-electron chi connectivity index (χ1n) is 6.88. The first-order chi connectivity index (χ1) is 9.15. The Morgan fingerprint density at radius 1 is 1.42 bits per heavy atom. The molecule has 106 valence electrons. The summed E-state index contributed by atoms with van der Waals surface area (Å²) in [4.78, 5) is 2.35. The molecule has 0 spiro atoms. The van der Waals surface area contributed by atoms with Gasteiger partial charge < -0.3 is 10.5 Å². The summed E-state index contributed by atoms with van der Waals surface area (Å²) < 4.78 is 18.5. The van der Waals surface area contributed by atoms with E-state index in [0.717, 1.165) is 25.1 Å². The van der Waals surface area contributed by atoms with E-state index >= 15 is 0 Å². The molecule has 1 saturated heterocycles. The van der Waals surface area contributed by atoms with Gasteiger partial charge in [0.05, 0.1) is 6.10 Å². The van der Waals surface area contributed by atoms with E-state index in [-0.39, 0.29) is 18.0 Å². The van der Waals surface area contributed by atoms with Gasteiger partial charge in [0, 0.05) is 26.2 Å². The molecule has 1 aromatic rings. The number of piperidine rings is 1. The number of likely N-dealkylation sites (tertiary alicyclic amines) is 1. The highest BCUT2D eigenvalue weighted by Crippen LogP contribution is 2.27. The summed E-state index contributed by atoms with van der Waals surface area (Å²) in [7, 11) is 1.76. The van der Waals surface area contributed by atoms with Crippen LogP contribution in [-0.4, -0.2) is 37.7 Å². The number of hydrogen-bond acceptors (Lipinski definition) is 3. The topological polar surface area (TPSA) is 38.5 Å². The van der Waals surface area contributed by atoms with E-state index in [4.69, 9.17) is 10.5 Å². The molecule has 3 unspecified atom stereocenters. The number of hydrogen-bond donors (Lipinski definition) is 1. The predicted octanol–water partition coefficient (Wildman–Crippen LogP) is 2.18. The molecular weight excluding hydrogens is 243 g/mol. The van der Waals surface area contributed by atoms with Crippen LogP contribution in [0.1, 0.15) is 24.9 Å². The van der Waals surface area contributed by atoms with Gasteiger partial charge >= 0.3 is 0 Å². The lowest BCUT2D eigenvalue weighted by molar-refractivity contribution is -0.0183. The minimum Gasteiger partial charge on any atom is -0.380 e. The molecule has 4 heteroatoms. The van der Waals surface area contributed by atoms with Crippen LogP contribution in [0, 0.1) is 11.7 Å². The van der Waals surface area contributed by atoms with Gasteiger partial charge in [-0.05, 0) is 36.6 Å². The van der Waals surface area contributed by atoms with Gasteiger partial charge in [0.25, 0.3) is 0 Å². The standard InChI is InChI=1S/C15H23FN2O/c1-11-7-8-18(10-15(11)19-2)14(9-17)12-3-5-13(16)6-4-12/h3-6,11,14-15H,7-10,17H2,1-2H3. The van der Waals surface area contributed by atoms with Crippen LogP contribution in [0.15, 0.2) is 24.3 Å². The van der Waals surface area contributed by atoms with Crippen molar-refractivity contribution in [3.8, 4) is 0 Å². The quantitative estimate of drug-likeness (QED) is 0.908. The molecule has 1 heterocycles. The molecule has 1 aromatic carbocycles. The monoisotopic (exact) mass is 266 g/mol. The summed E-state index contributed by atoms with van der Waals surface area (Å²) in [6.45, 7) is 4.66. The van der Waals surface area contributed by atoms with Crippen LogP contribution in [0.5, 0.6) is 0 Å². The summed E-state index contributed by atoms with van der Waals surface area (Å²) in [5, 5.41) is 0. The van der Waals surface area contributed by atoms with E-state index in [0.29, 0.717) is 12.5 Å². The van der Waals surface area contributed by atoms with Crippen LogP contribution in [0.2, 0.25) is 0 Å². The summed E-state index contributed by atoms with van der Waals surface area (Å²) >= 11 is 0. The molecule has 19 heavy (non-hydrogen) atoms. The zero-order valence-electron chi connectivity index (χ0n) is 11.7. The molecule has 1 aliphatic rings. The summed E-state index contributed by atoms with van der Waals surface area (Å²) in [6, 6.07) is 6.79. The molecule has 1 fully saturated rings. The lowest BCUT2D eigenvalue weighted by atomic mass is 9.93. The maximum atomic E-state index is 13.0. The number of ether oxygens (including phenoxy) is 1. The molecule has 0 aromatic heterocycles. The summed E-state index contributed by atoms with van der Waals surface area (Å²) in [5.74, 6) is 0.370. The van der Waals surface area contributed by atoms with Crippen LogP contribution in [0.3, 0.4) is 0 Å². The summed E-state index contributed by atoms with van der Waals surface area (Å²) in [6.07, 6.45) is 1.36. The van der Waals surface area contributed by atoms with E-state index in [1.807, 2.05) is 12.1 Å². The van der Waals surface area contributed by atoms with Crippen molar-refractivity contribution in [1.29, 1.82) is 0 Å². The number of halogens is 1. The highest BCUT2D eigenvalue weighted by atomic mass is 19.1. The molecule has 0 bridgehead atoms. The molecule has 2 N–H and O–H groups in total. The van der Waals surface area contributed by atoms with Crippen molar-refractivity contribution in [2.24, 2.45) is 11.7 Å². The zero-order chi connectivity index (χ0) is 13.8. The fraction of sp³-hybridized carbons (Fsp3) is 0.600. The van der Waals surface area contributed by atoms with E-state index in [9.17, 15) is 4.39 Å². The minimum absolute atomic E-state index is 0.144. The van der Waals surface area contributed by atoms with Crippen molar-refractivity contribution in [1.82, 2.24) is 4.90 Å². The van der Waals surface area contributed by atoms with Crippen LogP contribution in [0.25, 0.3) is 0 Å². The number of rotatable bonds is 4. The number of benzene rings is 1. The summed E-state index contributed by atoms with van der Waals surface area (Å²) in [5.41, 5.74) is 7.00. The second-order valence-electron chi connectivity index (χ2n) is 5.34. The Labute approximate surface area is 114 Å². The average molecular weight is 266 g/mol. The normalized spacial score (nSPS) is 26.3. The number of methoxy groups -OCH3 is 1. The Hall–Kier alpha value is -0.970. The van der Waals surface area contributed by atoms with Gasteiger partial charge in [-0.1, -0.05) is 19.1 Å². The molecule has 2 rings (SSSR count). The number of nitrogens with zero attached hydrogens (tertiary/aromatic N) is 1. The van der Waals surface area contributed by atoms with Crippen LogP contribution in [0.4, 0.5) is 4.39 Å². The van der Waals surface area contributed by atoms with Gasteiger partial charge in [-0.3, -0.25) is 4.90 Å². The third-order valence-electron chi connectivity index (χ3n) is 4.14. The maximum absolute atomic E-state index is 13.0. The molecule has 0 saturated carbocycles. The lowest BCUT2D eigenvalue weighted by Gasteiger charge is -2.40. The molecule has 0 aliphatic carbocycles. The first-order valence-corrected chi connectivity index (χ1v) is 6.88. The molecule has 1 aliphatic heterocycles. The fourth-order valence-corrected chi connectivity index (χ4v) is 2.83. The highest BCUT2D eigenvalue weighted by molar-refractivity contribution is 5.20. The van der Waals surface area contributed by atoms with Crippen molar-refractivity contribution < 1.29 is 9.13 Å². The van der Waals surface area contributed by atoms with Crippen LogP contribution in [-0.2, 0) is 4.74 Å². The van der Waals surface area contributed by atoms with Gasteiger partial charge in [-0.15, -0.1) is 0 Å². The van der Waals surface area contributed by atoms with Crippen molar-refractivity contribution in [2.45, 2.75) is 25.5 Å². The Bertz CT molecular complexity index is 396. The Kier molecular flexibility index (Phi) is 4.91. The molecule has 0 radical (unpaired) electrons. The fourth-order valence-electron chi connectivity index (χ4n) is 2.83. The Morgan fingerprint density at radius 3 is 2.68 bits per heavy atom. The van der Waals surface area contributed by atoms with Crippen molar-refractivity contribution in [2.75, 3.05) is 26.7 Å². The van der Waals surface area contributed by atoms with Gasteiger partial charge in [-0.25, -0.2) is 4.39 Å². The van der Waals surface area contributed by atoms with E-state index in [1.54, 1.807) is 7.11 Å². The lowest BCUT2D eigenvalue weighted by Crippen LogP contribution is -2.47. The van der Waals surface area contributed by atoms with Gasteiger partial charge in [0.2, 0.25) is 0 Å². The van der Waals surface area contributed by atoms with E-state index in [2.05, 4.69) is 11.8 Å². The minimum atomic E-state index is -0.207. The van der Waals surface area contributed by atoms with E-state index < -0.39 is 0 Å². The van der Waals surface area contributed by atoms with E-state index in [1.165, 1.54) is 12.1 Å². The molecule has 3 nitrogen and oxygen atoms in total. The molecule has 0 amide bonds. The van der Waals surface area contributed by atoms with Gasteiger partial charge in [-0.2, -0.15) is 0 Å². The SMILES string of the molecule is COC1CN(C(CN)c2ccc(F)cc2)CCC1C. The Balaban J connectivity index is 2.11. The molecule has 3 atom stereocenters. The van der Waals surface area contributed by atoms with Crippen molar-refractivity contribution in [3.05, 3.63) is 35.6 Å². The highest BCUT2D eigenvalue weighted by Gasteiger charge is 2.30. The zero-order valence-corrected chi connectivity index (χ0v) is 11.7. The van der Waals surface area contributed by atoms with Gasteiger partial charge in [0.1, 0.15) is 5.82 Å². The van der Waals surface area contributed by atoms with Gasteiger partial charge in [0.15, 0.2) is 0 Å². The second-order valence-corrected chi connectivity index (χ2v) is 5.34. The molecular formula is C15H23FN2O.